The number of hydrogen-bond donors (Lipinski definition) is 5. The molecule has 4 atom stereocenters. The van der Waals surface area contributed by atoms with E-state index in [-0.39, 0.29) is 11.1 Å². The Morgan fingerprint density at radius 2 is 0.949 bits per heavy atom. The first-order valence-corrected chi connectivity index (χ1v) is 11.3. The molecule has 12 nitrogen and oxygen atoms in total. The molecule has 7 N–H and O–H groups in total. The van der Waals surface area contributed by atoms with E-state index in [0.717, 1.165) is 0 Å². The molecule has 2 unspecified atom stereocenters. The fraction of sp³-hybridized carbons (Fsp3) is 0.148. The zero-order valence-corrected chi connectivity index (χ0v) is 20.3. The van der Waals surface area contributed by atoms with Crippen molar-refractivity contribution in [2.75, 3.05) is 0 Å². The lowest BCUT2D eigenvalue weighted by Gasteiger charge is -2.21. The Hall–Kier alpha value is -5.07. The van der Waals surface area contributed by atoms with Crippen molar-refractivity contribution >= 4 is 29.8 Å². The van der Waals surface area contributed by atoms with Gasteiger partial charge in [0.15, 0.2) is 6.10 Å². The first kappa shape index (κ1) is 30.2. The van der Waals surface area contributed by atoms with Crippen LogP contribution < -0.4 is 11.5 Å². The molecular weight excluding hydrogens is 512 g/mol. The summed E-state index contributed by atoms with van der Waals surface area (Å²) in [7, 11) is 0. The van der Waals surface area contributed by atoms with Crippen LogP contribution in [0.15, 0.2) is 91.0 Å². The van der Waals surface area contributed by atoms with Crippen molar-refractivity contribution in [3.63, 3.8) is 0 Å². The number of aliphatic hydroxyl groups is 1. The third kappa shape index (κ3) is 9.07. The van der Waals surface area contributed by atoms with Crippen LogP contribution in [0.5, 0.6) is 0 Å². The number of primary amides is 1. The largest absolute Gasteiger partial charge is 0.478 e. The molecule has 1 amide bonds. The number of benzene rings is 3. The number of amides is 1. The predicted molar refractivity (Wildman–Crippen MR) is 135 cm³/mol. The van der Waals surface area contributed by atoms with Gasteiger partial charge in [-0.2, -0.15) is 0 Å². The average molecular weight is 539 g/mol. The van der Waals surface area contributed by atoms with Crippen molar-refractivity contribution in [1.29, 1.82) is 0 Å². The number of nitrogens with two attached hydrogens (primary N) is 2. The molecule has 3 aromatic rings. The molecule has 0 saturated heterocycles. The van der Waals surface area contributed by atoms with Crippen LogP contribution in [0.1, 0.15) is 32.3 Å². The van der Waals surface area contributed by atoms with Gasteiger partial charge in [0.05, 0.1) is 17.2 Å². The van der Waals surface area contributed by atoms with E-state index in [1.54, 1.807) is 36.4 Å². The van der Waals surface area contributed by atoms with Gasteiger partial charge in [-0.3, -0.25) is 4.79 Å². The number of rotatable bonds is 10. The number of hydrogen-bond acceptors (Lipinski definition) is 9. The second-order valence-electron chi connectivity index (χ2n) is 7.84. The first-order chi connectivity index (χ1) is 18.5. The molecule has 0 fully saturated rings. The van der Waals surface area contributed by atoms with E-state index in [2.05, 4.69) is 0 Å². The van der Waals surface area contributed by atoms with Gasteiger partial charge in [0.2, 0.25) is 18.1 Å². The summed E-state index contributed by atoms with van der Waals surface area (Å²) in [6, 6.07) is 22.9. The smallest absolute Gasteiger partial charge is 0.349 e. The molecule has 0 heterocycles. The van der Waals surface area contributed by atoms with Gasteiger partial charge >= 0.3 is 23.9 Å². The molecule has 0 bridgehead atoms. The molecule has 3 rings (SSSR count). The summed E-state index contributed by atoms with van der Waals surface area (Å²) in [5, 5.41) is 27.7. The van der Waals surface area contributed by atoms with Crippen LogP contribution in [-0.2, 0) is 23.9 Å². The third-order valence-corrected chi connectivity index (χ3v) is 5.06. The number of aliphatic carboxylic acids is 2. The van der Waals surface area contributed by atoms with Crippen molar-refractivity contribution in [2.24, 2.45) is 11.5 Å². The Morgan fingerprint density at radius 3 is 1.26 bits per heavy atom. The van der Waals surface area contributed by atoms with Gasteiger partial charge < -0.3 is 36.3 Å². The Morgan fingerprint density at radius 1 is 0.615 bits per heavy atom. The Labute approximate surface area is 222 Å². The number of carbonyl (C=O) groups is 5. The molecule has 204 valence electrons. The van der Waals surface area contributed by atoms with Gasteiger partial charge in [0, 0.05) is 0 Å². The Bertz CT molecular complexity index is 1200. The van der Waals surface area contributed by atoms with Gasteiger partial charge in [-0.15, -0.1) is 0 Å². The molecule has 0 saturated carbocycles. The number of aliphatic hydroxyl groups excluding tert-OH is 1. The highest BCUT2D eigenvalue weighted by Crippen LogP contribution is 2.14. The molecular formula is C27H26N2O10. The molecule has 0 spiro atoms. The maximum atomic E-state index is 12.0. The molecule has 12 heteroatoms. The fourth-order valence-electron chi connectivity index (χ4n) is 3.03. The minimum absolute atomic E-state index is 0.0253. The molecule has 0 aliphatic rings. The summed E-state index contributed by atoms with van der Waals surface area (Å²) >= 11 is 0. The van der Waals surface area contributed by atoms with Gasteiger partial charge in [-0.05, 0) is 29.8 Å². The number of carboxylic acids is 2. The van der Waals surface area contributed by atoms with E-state index in [9.17, 15) is 39.3 Å². The number of ether oxygens (including phenoxy) is 2. The van der Waals surface area contributed by atoms with Crippen molar-refractivity contribution < 1.29 is 48.8 Å². The van der Waals surface area contributed by atoms with Crippen molar-refractivity contribution in [2.45, 2.75) is 24.4 Å². The quantitative estimate of drug-likeness (QED) is 0.231. The minimum atomic E-state index is -2.21. The van der Waals surface area contributed by atoms with Crippen LogP contribution in [0.4, 0.5) is 0 Å². The zero-order valence-electron chi connectivity index (χ0n) is 20.3. The summed E-state index contributed by atoms with van der Waals surface area (Å²) in [5.74, 6) is -6.44. The second kappa shape index (κ2) is 14.6. The minimum Gasteiger partial charge on any atom is -0.478 e. The van der Waals surface area contributed by atoms with Crippen LogP contribution in [0, 0.1) is 0 Å². The molecule has 0 aliphatic carbocycles. The highest BCUT2D eigenvalue weighted by atomic mass is 16.6. The molecule has 0 aliphatic heterocycles. The maximum absolute atomic E-state index is 12.0. The van der Waals surface area contributed by atoms with Crippen molar-refractivity contribution in [3.8, 4) is 0 Å². The molecule has 3 aromatic carbocycles. The Kier molecular flexibility index (Phi) is 11.3. The summed E-state index contributed by atoms with van der Waals surface area (Å²) in [4.78, 5) is 57.4. The lowest BCUT2D eigenvalue weighted by molar-refractivity contribution is -0.166. The molecule has 39 heavy (non-hydrogen) atoms. The van der Waals surface area contributed by atoms with E-state index in [4.69, 9.17) is 20.9 Å². The summed E-state index contributed by atoms with van der Waals surface area (Å²) in [5.41, 5.74) is 11.2. The van der Waals surface area contributed by atoms with Gasteiger partial charge in [0.1, 0.15) is 0 Å². The van der Waals surface area contributed by atoms with Crippen LogP contribution in [0.2, 0.25) is 0 Å². The standard InChI is InChI=1S/C18H14O8.C9H12N2O2/c19-15(20)13(25-17(23)11-7-3-1-4-8-11)14(16(21)22)26-18(24)12-9-5-2-6-10-12;10-7(8(12)9(11)13)6-4-2-1-3-5-6/h1-10,13-14H,(H,19,20)(H,21,22);1-5,7-8,12H,10H2,(H2,11,13)/t;7-,8+/m.0/s1. The number of carboxylic acid groups (broad SMARTS) is 2. The van der Waals surface area contributed by atoms with Gasteiger partial charge in [0.25, 0.3) is 0 Å². The summed E-state index contributed by atoms with van der Waals surface area (Å²) < 4.78 is 9.52. The highest BCUT2D eigenvalue weighted by Gasteiger charge is 2.41. The lowest BCUT2D eigenvalue weighted by Crippen LogP contribution is -2.45. The monoisotopic (exact) mass is 538 g/mol. The molecule has 0 radical (unpaired) electrons. The summed E-state index contributed by atoms with van der Waals surface area (Å²) in [6.07, 6.45) is -5.76. The maximum Gasteiger partial charge on any atom is 0.349 e. The van der Waals surface area contributed by atoms with Crippen molar-refractivity contribution in [1.82, 2.24) is 0 Å². The molecule has 0 aromatic heterocycles. The lowest BCUT2D eigenvalue weighted by atomic mass is 10.0. The van der Waals surface area contributed by atoms with Crippen LogP contribution in [0.25, 0.3) is 0 Å². The SMILES string of the molecule is NC(=O)[C@H](O)[C@@H](N)c1ccccc1.O=C(OC(C(=O)O)C(OC(=O)c1ccccc1)C(=O)O)c1ccccc1. The zero-order chi connectivity index (χ0) is 28.9. The van der Waals surface area contributed by atoms with Crippen LogP contribution in [-0.4, -0.2) is 63.4 Å². The van der Waals surface area contributed by atoms with E-state index in [1.165, 1.54) is 48.5 Å². The van der Waals surface area contributed by atoms with E-state index in [0.29, 0.717) is 5.56 Å². The predicted octanol–water partition coefficient (Wildman–Crippen LogP) is 1.14. The first-order valence-electron chi connectivity index (χ1n) is 11.3. The fourth-order valence-corrected chi connectivity index (χ4v) is 3.03. The van der Waals surface area contributed by atoms with E-state index >= 15 is 0 Å². The van der Waals surface area contributed by atoms with E-state index in [1.807, 2.05) is 6.07 Å². The Balaban J connectivity index is 0.000000344. The van der Waals surface area contributed by atoms with Gasteiger partial charge in [-0.1, -0.05) is 66.7 Å². The topological polar surface area (TPSA) is 217 Å². The highest BCUT2D eigenvalue weighted by molar-refractivity contribution is 5.95. The van der Waals surface area contributed by atoms with E-state index < -0.39 is 54.1 Å². The van der Waals surface area contributed by atoms with Crippen molar-refractivity contribution in [3.05, 3.63) is 108 Å². The summed E-state index contributed by atoms with van der Waals surface area (Å²) in [6.45, 7) is 0. The normalized spacial score (nSPS) is 13.3. The van der Waals surface area contributed by atoms with Gasteiger partial charge in [-0.25, -0.2) is 19.2 Å². The van der Waals surface area contributed by atoms with Crippen LogP contribution in [0.3, 0.4) is 0 Å². The van der Waals surface area contributed by atoms with Crippen LogP contribution >= 0.6 is 0 Å². The number of esters is 2. The third-order valence-electron chi connectivity index (χ3n) is 5.06. The number of carbonyl (C=O) groups excluding carboxylic acids is 3. The average Bonchev–Trinajstić information content (AvgIpc) is 2.95. The second-order valence-corrected chi connectivity index (χ2v) is 7.84.